The number of fused-ring (bicyclic) bond motifs is 1. The van der Waals surface area contributed by atoms with Crippen LogP contribution < -0.4 is 15.2 Å². The van der Waals surface area contributed by atoms with Crippen molar-refractivity contribution in [3.8, 4) is 11.5 Å². The van der Waals surface area contributed by atoms with Crippen LogP contribution in [0, 0.1) is 6.92 Å². The lowest BCUT2D eigenvalue weighted by atomic mass is 10.2. The van der Waals surface area contributed by atoms with Crippen molar-refractivity contribution < 1.29 is 9.47 Å². The molecule has 0 amide bonds. The van der Waals surface area contributed by atoms with Gasteiger partial charge >= 0.3 is 0 Å². The highest BCUT2D eigenvalue weighted by Gasteiger charge is 2.21. The Morgan fingerprint density at radius 2 is 1.82 bits per heavy atom. The molecule has 1 aliphatic heterocycles. The molecular weight excluding hydrogens is 234 g/mol. The smallest absolute Gasteiger partial charge is 0.162 e. The summed E-state index contributed by atoms with van der Waals surface area (Å²) >= 11 is 1.78. The molecule has 3 nitrogen and oxygen atoms in total. The van der Waals surface area contributed by atoms with Gasteiger partial charge in [-0.25, -0.2) is 0 Å². The van der Waals surface area contributed by atoms with Gasteiger partial charge < -0.3 is 15.2 Å². The lowest BCUT2D eigenvalue weighted by Crippen LogP contribution is -2.26. The van der Waals surface area contributed by atoms with Gasteiger partial charge in [-0.05, 0) is 38.5 Å². The normalized spacial score (nSPS) is 14.8. The summed E-state index contributed by atoms with van der Waals surface area (Å²) in [5, 5.41) is 0. The maximum atomic E-state index is 5.77. The van der Waals surface area contributed by atoms with Gasteiger partial charge in [0.15, 0.2) is 11.5 Å². The Balaban J connectivity index is 2.29. The quantitative estimate of drug-likeness (QED) is 0.841. The van der Waals surface area contributed by atoms with Gasteiger partial charge in [0, 0.05) is 16.2 Å². The van der Waals surface area contributed by atoms with E-state index < -0.39 is 0 Å². The standard InChI is InChI=1S/C13H19NO2S/c1-9-6-10-11(16-5-4-15-10)7-12(9)17-13(2,3)8-14/h6-7H,4-5,8,14H2,1-3H3. The highest BCUT2D eigenvalue weighted by atomic mass is 32.2. The fourth-order valence-electron chi connectivity index (χ4n) is 1.62. The topological polar surface area (TPSA) is 44.5 Å². The van der Waals surface area contributed by atoms with Crippen LogP contribution >= 0.6 is 11.8 Å². The van der Waals surface area contributed by atoms with Crippen molar-refractivity contribution >= 4 is 11.8 Å². The first kappa shape index (κ1) is 12.6. The van der Waals surface area contributed by atoms with Crippen LogP contribution in [-0.4, -0.2) is 24.5 Å². The molecule has 0 saturated carbocycles. The fraction of sp³-hybridized carbons (Fsp3) is 0.538. The first-order chi connectivity index (χ1) is 8.02. The van der Waals surface area contributed by atoms with Crippen LogP contribution in [0.3, 0.4) is 0 Å². The van der Waals surface area contributed by atoms with Crippen molar-refractivity contribution in [1.82, 2.24) is 0 Å². The fourth-order valence-corrected chi connectivity index (χ4v) is 2.69. The predicted octanol–water partition coefficient (Wildman–Crippen LogP) is 2.60. The van der Waals surface area contributed by atoms with Gasteiger partial charge in [0.25, 0.3) is 0 Å². The molecule has 0 aromatic heterocycles. The highest BCUT2D eigenvalue weighted by molar-refractivity contribution is 8.00. The van der Waals surface area contributed by atoms with E-state index in [0.717, 1.165) is 11.5 Å². The molecule has 0 aliphatic carbocycles. The van der Waals surface area contributed by atoms with Crippen molar-refractivity contribution in [2.24, 2.45) is 5.73 Å². The van der Waals surface area contributed by atoms with E-state index in [1.165, 1.54) is 10.5 Å². The van der Waals surface area contributed by atoms with Gasteiger partial charge in [0.05, 0.1) is 0 Å². The number of rotatable bonds is 3. The Hall–Kier alpha value is -0.870. The lowest BCUT2D eigenvalue weighted by molar-refractivity contribution is 0.171. The summed E-state index contributed by atoms with van der Waals surface area (Å²) in [7, 11) is 0. The third-order valence-electron chi connectivity index (χ3n) is 2.72. The van der Waals surface area contributed by atoms with E-state index in [2.05, 4.69) is 26.8 Å². The van der Waals surface area contributed by atoms with Crippen molar-refractivity contribution in [2.75, 3.05) is 19.8 Å². The molecule has 1 aliphatic rings. The van der Waals surface area contributed by atoms with Crippen LogP contribution in [0.15, 0.2) is 17.0 Å². The minimum absolute atomic E-state index is 0.0362. The maximum absolute atomic E-state index is 5.77. The number of thioether (sulfide) groups is 1. The van der Waals surface area contributed by atoms with E-state index in [1.807, 2.05) is 6.07 Å². The predicted molar refractivity (Wildman–Crippen MR) is 71.2 cm³/mol. The SMILES string of the molecule is Cc1cc2c(cc1SC(C)(C)CN)OCCO2. The van der Waals surface area contributed by atoms with E-state index in [1.54, 1.807) is 11.8 Å². The zero-order valence-electron chi connectivity index (χ0n) is 10.6. The molecule has 17 heavy (non-hydrogen) atoms. The summed E-state index contributed by atoms with van der Waals surface area (Å²) in [6.07, 6.45) is 0. The molecule has 0 saturated heterocycles. The third kappa shape index (κ3) is 2.87. The Bertz CT molecular complexity index is 418. The Kier molecular flexibility index (Phi) is 3.54. The molecule has 0 fully saturated rings. The maximum Gasteiger partial charge on any atom is 0.162 e. The summed E-state index contributed by atoms with van der Waals surface area (Å²) in [5.41, 5.74) is 6.97. The van der Waals surface area contributed by atoms with Crippen molar-refractivity contribution in [2.45, 2.75) is 30.4 Å². The molecule has 0 spiro atoms. The number of hydrogen-bond acceptors (Lipinski definition) is 4. The van der Waals surface area contributed by atoms with E-state index in [4.69, 9.17) is 15.2 Å². The van der Waals surface area contributed by atoms with Crippen LogP contribution in [0.1, 0.15) is 19.4 Å². The Morgan fingerprint density at radius 1 is 1.24 bits per heavy atom. The minimum atomic E-state index is 0.0362. The van der Waals surface area contributed by atoms with E-state index in [0.29, 0.717) is 19.8 Å². The lowest BCUT2D eigenvalue weighted by Gasteiger charge is -2.25. The largest absolute Gasteiger partial charge is 0.486 e. The van der Waals surface area contributed by atoms with E-state index in [-0.39, 0.29) is 4.75 Å². The van der Waals surface area contributed by atoms with Crippen LogP contribution in [0.4, 0.5) is 0 Å². The van der Waals surface area contributed by atoms with Crippen LogP contribution in [0.2, 0.25) is 0 Å². The summed E-state index contributed by atoms with van der Waals surface area (Å²) in [4.78, 5) is 1.21. The Morgan fingerprint density at radius 3 is 2.41 bits per heavy atom. The van der Waals surface area contributed by atoms with Gasteiger partial charge in [-0.1, -0.05) is 0 Å². The molecule has 1 heterocycles. The second kappa shape index (κ2) is 4.78. The second-order valence-electron chi connectivity index (χ2n) is 4.83. The number of nitrogens with two attached hydrogens (primary N) is 1. The van der Waals surface area contributed by atoms with Gasteiger partial charge in [-0.15, -0.1) is 11.8 Å². The van der Waals surface area contributed by atoms with Crippen LogP contribution in [0.25, 0.3) is 0 Å². The molecular formula is C13H19NO2S. The average Bonchev–Trinajstić information content (AvgIpc) is 2.30. The molecule has 2 rings (SSSR count). The van der Waals surface area contributed by atoms with E-state index in [9.17, 15) is 0 Å². The second-order valence-corrected chi connectivity index (χ2v) is 6.58. The molecule has 4 heteroatoms. The number of benzene rings is 1. The van der Waals surface area contributed by atoms with Crippen molar-refractivity contribution in [3.05, 3.63) is 17.7 Å². The van der Waals surface area contributed by atoms with Gasteiger partial charge in [0.2, 0.25) is 0 Å². The number of aryl methyl sites for hydroxylation is 1. The van der Waals surface area contributed by atoms with Crippen molar-refractivity contribution in [1.29, 1.82) is 0 Å². The first-order valence-electron chi connectivity index (χ1n) is 5.81. The molecule has 94 valence electrons. The van der Waals surface area contributed by atoms with Gasteiger partial charge in [0.1, 0.15) is 13.2 Å². The number of hydrogen-bond donors (Lipinski definition) is 1. The average molecular weight is 253 g/mol. The zero-order chi connectivity index (χ0) is 12.5. The third-order valence-corrected chi connectivity index (χ3v) is 4.10. The molecule has 1 aromatic rings. The summed E-state index contributed by atoms with van der Waals surface area (Å²) in [6.45, 7) is 8.29. The van der Waals surface area contributed by atoms with E-state index >= 15 is 0 Å². The molecule has 0 unspecified atom stereocenters. The monoisotopic (exact) mass is 253 g/mol. The molecule has 2 N–H and O–H groups in total. The molecule has 1 aromatic carbocycles. The molecule has 0 bridgehead atoms. The molecule has 0 atom stereocenters. The summed E-state index contributed by atoms with van der Waals surface area (Å²) < 4.78 is 11.2. The van der Waals surface area contributed by atoms with Crippen LogP contribution in [-0.2, 0) is 0 Å². The molecule has 0 radical (unpaired) electrons. The minimum Gasteiger partial charge on any atom is -0.486 e. The van der Waals surface area contributed by atoms with Gasteiger partial charge in [-0.2, -0.15) is 0 Å². The van der Waals surface area contributed by atoms with Crippen molar-refractivity contribution in [3.63, 3.8) is 0 Å². The highest BCUT2D eigenvalue weighted by Crippen LogP contribution is 2.40. The summed E-state index contributed by atoms with van der Waals surface area (Å²) in [6, 6.07) is 4.11. The summed E-state index contributed by atoms with van der Waals surface area (Å²) in [5.74, 6) is 1.70. The number of ether oxygens (including phenoxy) is 2. The van der Waals surface area contributed by atoms with Crippen LogP contribution in [0.5, 0.6) is 11.5 Å². The Labute approximate surface area is 107 Å². The van der Waals surface area contributed by atoms with Gasteiger partial charge in [-0.3, -0.25) is 0 Å². The first-order valence-corrected chi connectivity index (χ1v) is 6.63. The zero-order valence-corrected chi connectivity index (χ0v) is 11.4.